The summed E-state index contributed by atoms with van der Waals surface area (Å²) in [4.78, 5) is 17.0. The zero-order chi connectivity index (χ0) is 11.9. The van der Waals surface area contributed by atoms with E-state index in [0.29, 0.717) is 0 Å². The largest absolute Gasteiger partial charge is 0.272 e. The molecule has 0 spiro atoms. The fraction of sp³-hybridized carbons (Fsp3) is 0.917. The van der Waals surface area contributed by atoms with E-state index in [1.54, 1.807) is 0 Å². The van der Waals surface area contributed by atoms with Crippen LogP contribution in [0.1, 0.15) is 60.3 Å². The predicted molar refractivity (Wildman–Crippen MR) is 62.3 cm³/mol. The molecule has 0 radical (unpaired) electrons. The van der Waals surface area contributed by atoms with Crippen molar-refractivity contribution in [3.63, 3.8) is 0 Å². The quantitative estimate of drug-likeness (QED) is 0.692. The van der Waals surface area contributed by atoms with Crippen LogP contribution < -0.4 is 5.48 Å². The van der Waals surface area contributed by atoms with Gasteiger partial charge in [0.2, 0.25) is 5.91 Å². The van der Waals surface area contributed by atoms with Crippen LogP contribution in [-0.4, -0.2) is 11.5 Å². The minimum absolute atomic E-state index is 0.0219. The lowest BCUT2D eigenvalue weighted by Gasteiger charge is -2.21. The maximum atomic E-state index is 11.7. The highest BCUT2D eigenvalue weighted by atomic mass is 16.7. The highest BCUT2D eigenvalue weighted by Crippen LogP contribution is 2.14. The maximum absolute atomic E-state index is 11.7. The summed E-state index contributed by atoms with van der Waals surface area (Å²) in [6.07, 6.45) is 3.95. The monoisotopic (exact) mass is 215 g/mol. The van der Waals surface area contributed by atoms with Crippen molar-refractivity contribution in [3.05, 3.63) is 0 Å². The molecule has 0 aliphatic rings. The standard InChI is InChI=1S/C12H25NO2/c1-6-8-10(9-7-2)11(14)13-15-12(3,4)5/h10H,6-9H2,1-5H3,(H,13,14). The van der Waals surface area contributed by atoms with Gasteiger partial charge in [0.1, 0.15) is 0 Å². The minimum Gasteiger partial charge on any atom is -0.272 e. The lowest BCUT2D eigenvalue weighted by molar-refractivity contribution is -0.150. The van der Waals surface area contributed by atoms with Crippen molar-refractivity contribution in [2.45, 2.75) is 65.9 Å². The third kappa shape index (κ3) is 7.37. The van der Waals surface area contributed by atoms with Crippen molar-refractivity contribution in [2.75, 3.05) is 0 Å². The van der Waals surface area contributed by atoms with Crippen molar-refractivity contribution in [1.29, 1.82) is 0 Å². The molecule has 0 heterocycles. The number of carbonyl (C=O) groups excluding carboxylic acids is 1. The smallest absolute Gasteiger partial charge is 0.246 e. The topological polar surface area (TPSA) is 38.3 Å². The molecule has 1 amide bonds. The van der Waals surface area contributed by atoms with Crippen LogP contribution in [0.25, 0.3) is 0 Å². The highest BCUT2D eigenvalue weighted by Gasteiger charge is 2.19. The molecule has 90 valence electrons. The van der Waals surface area contributed by atoms with Crippen LogP contribution >= 0.6 is 0 Å². The molecule has 15 heavy (non-hydrogen) atoms. The van der Waals surface area contributed by atoms with Crippen LogP contribution in [-0.2, 0) is 9.63 Å². The van der Waals surface area contributed by atoms with Crippen molar-refractivity contribution in [3.8, 4) is 0 Å². The Bertz CT molecular complexity index is 179. The van der Waals surface area contributed by atoms with Gasteiger partial charge in [-0.2, -0.15) is 0 Å². The molecule has 0 atom stereocenters. The molecular weight excluding hydrogens is 190 g/mol. The summed E-state index contributed by atoms with van der Waals surface area (Å²) in [6, 6.07) is 0. The fourth-order valence-corrected chi connectivity index (χ4v) is 1.39. The first-order chi connectivity index (χ1) is 6.90. The molecule has 1 N–H and O–H groups in total. The SMILES string of the molecule is CCCC(CCC)C(=O)NOC(C)(C)C. The Morgan fingerprint density at radius 2 is 1.67 bits per heavy atom. The van der Waals surface area contributed by atoms with Crippen LogP contribution in [0, 0.1) is 5.92 Å². The zero-order valence-electron chi connectivity index (χ0n) is 10.7. The third-order valence-corrected chi connectivity index (χ3v) is 2.10. The van der Waals surface area contributed by atoms with Crippen LogP contribution in [0.15, 0.2) is 0 Å². The molecule has 0 fully saturated rings. The second-order valence-corrected chi connectivity index (χ2v) is 4.96. The van der Waals surface area contributed by atoms with Crippen molar-refractivity contribution >= 4 is 5.91 Å². The molecule has 0 aliphatic carbocycles. The van der Waals surface area contributed by atoms with Gasteiger partial charge in [-0.15, -0.1) is 0 Å². The molecule has 0 aromatic heterocycles. The van der Waals surface area contributed by atoms with Gasteiger partial charge in [0.15, 0.2) is 0 Å². The average molecular weight is 215 g/mol. The van der Waals surface area contributed by atoms with E-state index in [2.05, 4.69) is 19.3 Å². The first-order valence-corrected chi connectivity index (χ1v) is 5.88. The van der Waals surface area contributed by atoms with Crippen LogP contribution in [0.2, 0.25) is 0 Å². The summed E-state index contributed by atoms with van der Waals surface area (Å²) in [5.74, 6) is 0.121. The highest BCUT2D eigenvalue weighted by molar-refractivity contribution is 5.77. The van der Waals surface area contributed by atoms with Gasteiger partial charge in [-0.3, -0.25) is 9.63 Å². The Labute approximate surface area is 93.5 Å². The fourth-order valence-electron chi connectivity index (χ4n) is 1.39. The first kappa shape index (κ1) is 14.4. The van der Waals surface area contributed by atoms with E-state index in [0.717, 1.165) is 25.7 Å². The van der Waals surface area contributed by atoms with E-state index in [4.69, 9.17) is 4.84 Å². The van der Waals surface area contributed by atoms with Gasteiger partial charge in [0, 0.05) is 5.92 Å². The summed E-state index contributed by atoms with van der Waals surface area (Å²) in [5.41, 5.74) is 2.23. The van der Waals surface area contributed by atoms with Crippen molar-refractivity contribution in [2.24, 2.45) is 5.92 Å². The minimum atomic E-state index is -0.321. The number of hydrogen-bond acceptors (Lipinski definition) is 2. The second-order valence-electron chi connectivity index (χ2n) is 4.96. The van der Waals surface area contributed by atoms with Crippen LogP contribution in [0.5, 0.6) is 0 Å². The van der Waals surface area contributed by atoms with Crippen LogP contribution in [0.3, 0.4) is 0 Å². The summed E-state index contributed by atoms with van der Waals surface area (Å²) in [5, 5.41) is 0. The number of carbonyl (C=O) groups is 1. The van der Waals surface area contributed by atoms with E-state index >= 15 is 0 Å². The molecule has 3 nitrogen and oxygen atoms in total. The van der Waals surface area contributed by atoms with E-state index in [9.17, 15) is 4.79 Å². The molecule has 0 aromatic carbocycles. The molecule has 0 aromatic rings. The molecule has 0 bridgehead atoms. The first-order valence-electron chi connectivity index (χ1n) is 5.88. The van der Waals surface area contributed by atoms with Crippen molar-refractivity contribution in [1.82, 2.24) is 5.48 Å². The Kier molecular flexibility index (Phi) is 6.57. The third-order valence-electron chi connectivity index (χ3n) is 2.10. The summed E-state index contributed by atoms with van der Waals surface area (Å²) >= 11 is 0. The zero-order valence-corrected chi connectivity index (χ0v) is 10.7. The second kappa shape index (κ2) is 6.83. The number of rotatable bonds is 6. The number of nitrogens with one attached hydrogen (secondary N) is 1. The van der Waals surface area contributed by atoms with Gasteiger partial charge in [-0.25, -0.2) is 5.48 Å². The van der Waals surface area contributed by atoms with Crippen molar-refractivity contribution < 1.29 is 9.63 Å². The summed E-state index contributed by atoms with van der Waals surface area (Å²) in [6.45, 7) is 9.95. The predicted octanol–water partition coefficient (Wildman–Crippen LogP) is 3.05. The van der Waals surface area contributed by atoms with E-state index in [-0.39, 0.29) is 17.4 Å². The van der Waals surface area contributed by atoms with Gasteiger partial charge in [0.05, 0.1) is 5.60 Å². The maximum Gasteiger partial charge on any atom is 0.246 e. The van der Waals surface area contributed by atoms with Crippen LogP contribution in [0.4, 0.5) is 0 Å². The Morgan fingerprint density at radius 3 is 2.00 bits per heavy atom. The molecule has 0 saturated heterocycles. The molecule has 0 unspecified atom stereocenters. The van der Waals surface area contributed by atoms with Gasteiger partial charge in [-0.1, -0.05) is 26.7 Å². The normalized spacial score (nSPS) is 11.9. The summed E-state index contributed by atoms with van der Waals surface area (Å²) < 4.78 is 0. The molecule has 0 saturated carbocycles. The Morgan fingerprint density at radius 1 is 1.20 bits per heavy atom. The summed E-state index contributed by atoms with van der Waals surface area (Å²) in [7, 11) is 0. The number of amides is 1. The lowest BCUT2D eigenvalue weighted by Crippen LogP contribution is -2.37. The van der Waals surface area contributed by atoms with E-state index < -0.39 is 0 Å². The van der Waals surface area contributed by atoms with E-state index in [1.165, 1.54) is 0 Å². The van der Waals surface area contributed by atoms with Gasteiger partial charge < -0.3 is 0 Å². The Hall–Kier alpha value is -0.570. The molecule has 3 heteroatoms. The van der Waals surface area contributed by atoms with E-state index in [1.807, 2.05) is 20.8 Å². The number of hydroxylamine groups is 1. The molecular formula is C12H25NO2. The molecule has 0 aliphatic heterocycles. The molecule has 0 rings (SSSR count). The number of hydrogen-bond donors (Lipinski definition) is 1. The van der Waals surface area contributed by atoms with Gasteiger partial charge in [0.25, 0.3) is 0 Å². The Balaban J connectivity index is 4.02. The average Bonchev–Trinajstić information content (AvgIpc) is 2.13. The van der Waals surface area contributed by atoms with Gasteiger partial charge >= 0.3 is 0 Å². The lowest BCUT2D eigenvalue weighted by atomic mass is 9.98. The van der Waals surface area contributed by atoms with Gasteiger partial charge in [-0.05, 0) is 33.6 Å².